The highest BCUT2D eigenvalue weighted by atomic mass is 35.5. The maximum atomic E-state index is 14.2. The number of carbonyl (C=O) groups is 4. The largest absolute Gasteiger partial charge is 0.352 e. The van der Waals surface area contributed by atoms with E-state index in [4.69, 9.17) is 11.6 Å². The molecular formula is C34H41ClN4O4. The van der Waals surface area contributed by atoms with Crippen LogP contribution in [0.1, 0.15) is 45.7 Å². The number of benzene rings is 3. The highest BCUT2D eigenvalue weighted by Gasteiger charge is 2.44. The average molecular weight is 605 g/mol. The number of rotatable bonds is 10. The van der Waals surface area contributed by atoms with Crippen LogP contribution in [0, 0.1) is 5.92 Å². The Balaban J connectivity index is 1.61. The molecule has 0 saturated carbocycles. The molecule has 0 aromatic heterocycles. The second kappa shape index (κ2) is 14.0. The van der Waals surface area contributed by atoms with Crippen molar-refractivity contribution in [1.82, 2.24) is 20.4 Å². The van der Waals surface area contributed by atoms with Gasteiger partial charge in [-0.2, -0.15) is 0 Å². The van der Waals surface area contributed by atoms with Gasteiger partial charge in [0.15, 0.2) is 0 Å². The van der Waals surface area contributed by atoms with Crippen molar-refractivity contribution in [2.45, 2.75) is 71.6 Å². The molecule has 1 saturated heterocycles. The summed E-state index contributed by atoms with van der Waals surface area (Å²) in [6, 6.07) is 18.8. The fourth-order valence-electron chi connectivity index (χ4n) is 5.79. The van der Waals surface area contributed by atoms with Gasteiger partial charge in [0, 0.05) is 43.9 Å². The predicted octanol–water partition coefficient (Wildman–Crippen LogP) is 4.37. The number of carbonyl (C=O) groups excluding carboxylic acids is 4. The molecule has 8 nitrogen and oxygen atoms in total. The van der Waals surface area contributed by atoms with Gasteiger partial charge in [-0.05, 0) is 53.8 Å². The molecule has 0 bridgehead atoms. The Morgan fingerprint density at radius 3 is 2.14 bits per heavy atom. The summed E-state index contributed by atoms with van der Waals surface area (Å²) in [5.74, 6) is -1.37. The lowest BCUT2D eigenvalue weighted by atomic mass is 9.93. The van der Waals surface area contributed by atoms with Crippen molar-refractivity contribution in [1.29, 1.82) is 0 Å². The molecule has 1 heterocycles. The smallest absolute Gasteiger partial charge is 0.246 e. The first-order valence-corrected chi connectivity index (χ1v) is 15.2. The van der Waals surface area contributed by atoms with Crippen molar-refractivity contribution in [3.8, 4) is 0 Å². The van der Waals surface area contributed by atoms with E-state index in [2.05, 4.69) is 16.7 Å². The topological polar surface area (TPSA) is 98.8 Å². The average Bonchev–Trinajstić information content (AvgIpc) is 2.95. The zero-order chi connectivity index (χ0) is 31.3. The Bertz CT molecular complexity index is 1470. The molecule has 4 amide bonds. The lowest BCUT2D eigenvalue weighted by Gasteiger charge is -2.45. The van der Waals surface area contributed by atoms with Gasteiger partial charge in [0.2, 0.25) is 23.6 Å². The summed E-state index contributed by atoms with van der Waals surface area (Å²) < 4.78 is 0. The SMILES string of the molecule is CC(=O)NC(Cc1ccc(Cl)cc1)C(=O)N1CCN(C(Cc2ccc3ccccc3c2)C(=O)NC(C)C)C(=O)C1C(C)C. The number of hydrogen-bond donors (Lipinski definition) is 2. The Labute approximate surface area is 258 Å². The number of nitrogens with one attached hydrogen (secondary N) is 2. The summed E-state index contributed by atoms with van der Waals surface area (Å²) in [6.45, 7) is 9.39. The van der Waals surface area contributed by atoms with Crippen LogP contribution in [0.25, 0.3) is 10.8 Å². The fourth-order valence-corrected chi connectivity index (χ4v) is 5.91. The molecule has 43 heavy (non-hydrogen) atoms. The molecule has 4 rings (SSSR count). The number of halogens is 1. The van der Waals surface area contributed by atoms with E-state index in [9.17, 15) is 19.2 Å². The van der Waals surface area contributed by atoms with Gasteiger partial charge in [0.1, 0.15) is 18.1 Å². The van der Waals surface area contributed by atoms with E-state index >= 15 is 0 Å². The molecule has 0 radical (unpaired) electrons. The van der Waals surface area contributed by atoms with Gasteiger partial charge in [0.05, 0.1) is 0 Å². The van der Waals surface area contributed by atoms with Crippen LogP contribution in [0.3, 0.4) is 0 Å². The van der Waals surface area contributed by atoms with Crippen molar-refractivity contribution >= 4 is 46.0 Å². The van der Waals surface area contributed by atoms with Crippen LogP contribution in [0.4, 0.5) is 0 Å². The van der Waals surface area contributed by atoms with Crippen LogP contribution >= 0.6 is 11.6 Å². The third-order valence-electron chi connectivity index (χ3n) is 7.75. The molecule has 1 aliphatic rings. The first-order chi connectivity index (χ1) is 20.4. The molecule has 1 fully saturated rings. The monoisotopic (exact) mass is 604 g/mol. The van der Waals surface area contributed by atoms with Gasteiger partial charge in [-0.25, -0.2) is 0 Å². The Hall–Kier alpha value is -3.91. The zero-order valence-corrected chi connectivity index (χ0v) is 26.2. The molecule has 2 N–H and O–H groups in total. The number of hydrogen-bond acceptors (Lipinski definition) is 4. The van der Waals surface area contributed by atoms with E-state index in [0.29, 0.717) is 11.4 Å². The van der Waals surface area contributed by atoms with Gasteiger partial charge in [-0.3, -0.25) is 19.2 Å². The Kier molecular flexibility index (Phi) is 10.5. The predicted molar refractivity (Wildman–Crippen MR) is 170 cm³/mol. The van der Waals surface area contributed by atoms with Gasteiger partial charge in [-0.15, -0.1) is 0 Å². The second-order valence-corrected chi connectivity index (χ2v) is 12.3. The first-order valence-electron chi connectivity index (χ1n) is 14.8. The van der Waals surface area contributed by atoms with Crippen LogP contribution in [-0.2, 0) is 32.0 Å². The van der Waals surface area contributed by atoms with E-state index < -0.39 is 18.1 Å². The van der Waals surface area contributed by atoms with Gasteiger partial charge < -0.3 is 20.4 Å². The molecular weight excluding hydrogens is 564 g/mol. The standard InChI is InChI=1S/C34H41ClN4O4/c1-21(2)31-34(43)38(16-17-39(31)33(42)29(37-23(5)40)19-24-11-14-28(35)15-12-24)30(32(41)36-22(3)4)20-25-10-13-26-8-6-7-9-27(26)18-25/h6-15,18,21-22,29-31H,16-17,19-20H2,1-5H3,(H,36,41)(H,37,40). The molecule has 3 atom stereocenters. The van der Waals surface area contributed by atoms with Gasteiger partial charge in [0.25, 0.3) is 0 Å². The summed E-state index contributed by atoms with van der Waals surface area (Å²) >= 11 is 6.04. The van der Waals surface area contributed by atoms with Crippen molar-refractivity contribution < 1.29 is 19.2 Å². The Morgan fingerprint density at radius 1 is 0.860 bits per heavy atom. The minimum Gasteiger partial charge on any atom is -0.352 e. The van der Waals surface area contributed by atoms with E-state index in [1.165, 1.54) is 6.92 Å². The van der Waals surface area contributed by atoms with Crippen LogP contribution in [0.2, 0.25) is 5.02 Å². The highest BCUT2D eigenvalue weighted by molar-refractivity contribution is 6.30. The van der Waals surface area contributed by atoms with E-state index in [1.807, 2.05) is 76.2 Å². The number of fused-ring (bicyclic) bond motifs is 1. The fraction of sp³-hybridized carbons (Fsp3) is 0.412. The number of piperazine rings is 1. The van der Waals surface area contributed by atoms with E-state index in [-0.39, 0.29) is 55.1 Å². The maximum Gasteiger partial charge on any atom is 0.246 e. The van der Waals surface area contributed by atoms with Crippen LogP contribution in [0.5, 0.6) is 0 Å². The summed E-state index contributed by atoms with van der Waals surface area (Å²) in [5, 5.41) is 8.52. The molecule has 0 aliphatic carbocycles. The highest BCUT2D eigenvalue weighted by Crippen LogP contribution is 2.25. The van der Waals surface area contributed by atoms with Crippen molar-refractivity contribution in [3.63, 3.8) is 0 Å². The normalized spacial score (nSPS) is 16.8. The quantitative estimate of drug-likeness (QED) is 0.359. The maximum absolute atomic E-state index is 14.2. The van der Waals surface area contributed by atoms with Crippen LogP contribution in [-0.4, -0.2) is 70.7 Å². The molecule has 1 aliphatic heterocycles. The van der Waals surface area contributed by atoms with Crippen molar-refractivity contribution in [2.24, 2.45) is 5.92 Å². The first kappa shape index (κ1) is 32.0. The van der Waals surface area contributed by atoms with E-state index in [1.54, 1.807) is 21.9 Å². The number of nitrogens with zero attached hydrogens (tertiary/aromatic N) is 2. The van der Waals surface area contributed by atoms with Gasteiger partial charge in [-0.1, -0.05) is 80.0 Å². The molecule has 9 heteroatoms. The minimum absolute atomic E-state index is 0.100. The molecule has 3 aromatic rings. The number of amides is 4. The molecule has 228 valence electrons. The summed E-state index contributed by atoms with van der Waals surface area (Å²) in [5.41, 5.74) is 1.78. The minimum atomic E-state index is -0.850. The van der Waals surface area contributed by atoms with Gasteiger partial charge >= 0.3 is 0 Å². The molecule has 3 aromatic carbocycles. The lowest BCUT2D eigenvalue weighted by Crippen LogP contribution is -2.67. The molecule has 0 spiro atoms. The van der Waals surface area contributed by atoms with Crippen LogP contribution < -0.4 is 10.6 Å². The van der Waals surface area contributed by atoms with Crippen molar-refractivity contribution in [3.05, 3.63) is 82.9 Å². The summed E-state index contributed by atoms with van der Waals surface area (Å²) in [4.78, 5) is 57.1. The Morgan fingerprint density at radius 2 is 1.51 bits per heavy atom. The molecule has 3 unspecified atom stereocenters. The lowest BCUT2D eigenvalue weighted by molar-refractivity contribution is -0.159. The third-order valence-corrected chi connectivity index (χ3v) is 8.00. The summed E-state index contributed by atoms with van der Waals surface area (Å²) in [7, 11) is 0. The zero-order valence-electron chi connectivity index (χ0n) is 25.5. The van der Waals surface area contributed by atoms with Crippen molar-refractivity contribution in [2.75, 3.05) is 13.1 Å². The van der Waals surface area contributed by atoms with E-state index in [0.717, 1.165) is 21.9 Å². The van der Waals surface area contributed by atoms with Crippen LogP contribution in [0.15, 0.2) is 66.7 Å². The third kappa shape index (κ3) is 7.93. The second-order valence-electron chi connectivity index (χ2n) is 11.9. The summed E-state index contributed by atoms with van der Waals surface area (Å²) in [6.07, 6.45) is 0.606.